The van der Waals surface area contributed by atoms with Gasteiger partial charge in [-0.15, -0.1) is 15.3 Å². The van der Waals surface area contributed by atoms with Crippen molar-refractivity contribution in [2.45, 2.75) is 18.3 Å². The molecule has 2 aromatic heterocycles. The Morgan fingerprint density at radius 3 is 2.44 bits per heavy atom. The van der Waals surface area contributed by atoms with Gasteiger partial charge in [0.25, 0.3) is 6.23 Å². The maximum atomic E-state index is 12.0. The molecule has 5 rings (SSSR count). The number of hydrogen-bond acceptors (Lipinski definition) is 7. The Bertz CT molecular complexity index is 1240. The van der Waals surface area contributed by atoms with Crippen LogP contribution in [0.3, 0.4) is 0 Å². The Morgan fingerprint density at radius 2 is 1.75 bits per heavy atom. The van der Waals surface area contributed by atoms with Gasteiger partial charge in [-0.25, -0.2) is 0 Å². The zero-order valence-electron chi connectivity index (χ0n) is 17.2. The number of hydrogen-bond donors (Lipinski definition) is 0. The molecule has 1 aliphatic heterocycles. The number of benzene rings is 2. The highest BCUT2D eigenvalue weighted by molar-refractivity contribution is 7.99. The normalized spacial score (nSPS) is 15.5. The quantitative estimate of drug-likeness (QED) is 0.406. The molecule has 0 saturated heterocycles. The monoisotopic (exact) mass is 445 g/mol. The van der Waals surface area contributed by atoms with Gasteiger partial charge in [0, 0.05) is 18.2 Å². The minimum Gasteiger partial charge on any atom is -0.463 e. The van der Waals surface area contributed by atoms with Gasteiger partial charge in [0.2, 0.25) is 11.8 Å². The van der Waals surface area contributed by atoms with Crippen LogP contribution in [0.2, 0.25) is 0 Å². The summed E-state index contributed by atoms with van der Waals surface area (Å²) in [6, 6.07) is 23.3. The number of carbonyl (C=O) groups is 1. The summed E-state index contributed by atoms with van der Waals surface area (Å²) in [6.07, 6.45) is 0.835. The van der Waals surface area contributed by atoms with Crippen LogP contribution in [-0.2, 0) is 9.53 Å². The van der Waals surface area contributed by atoms with E-state index in [2.05, 4.69) is 15.3 Å². The van der Waals surface area contributed by atoms with Crippen LogP contribution in [0.4, 0.5) is 0 Å². The lowest BCUT2D eigenvalue weighted by atomic mass is 10.2. The maximum Gasteiger partial charge on any atom is 0.254 e. The van der Waals surface area contributed by atoms with Gasteiger partial charge in [0.15, 0.2) is 16.7 Å². The van der Waals surface area contributed by atoms with Crippen LogP contribution in [0.25, 0.3) is 17.1 Å². The van der Waals surface area contributed by atoms with E-state index in [0.717, 1.165) is 17.1 Å². The highest BCUT2D eigenvalue weighted by Crippen LogP contribution is 2.32. The van der Waals surface area contributed by atoms with Gasteiger partial charge in [-0.1, -0.05) is 60.3 Å². The van der Waals surface area contributed by atoms with E-state index in [1.807, 2.05) is 65.2 Å². The van der Waals surface area contributed by atoms with Crippen LogP contribution in [0.5, 0.6) is 0 Å². The minimum absolute atomic E-state index is 0.231. The number of amides is 1. The summed E-state index contributed by atoms with van der Waals surface area (Å²) < 4.78 is 13.3. The Labute approximate surface area is 188 Å². The zero-order chi connectivity index (χ0) is 21.9. The molecule has 0 radical (unpaired) electrons. The fourth-order valence-electron chi connectivity index (χ4n) is 3.36. The minimum atomic E-state index is -0.704. The predicted octanol–water partition coefficient (Wildman–Crippen LogP) is 4.51. The van der Waals surface area contributed by atoms with Gasteiger partial charge in [0.1, 0.15) is 0 Å². The molecule has 2 aromatic carbocycles. The van der Waals surface area contributed by atoms with Crippen LogP contribution in [0, 0.1) is 0 Å². The number of rotatable bonds is 6. The van der Waals surface area contributed by atoms with Crippen LogP contribution in [0.1, 0.15) is 18.9 Å². The van der Waals surface area contributed by atoms with E-state index in [-0.39, 0.29) is 5.91 Å². The van der Waals surface area contributed by atoms with Crippen LogP contribution >= 0.6 is 11.8 Å². The van der Waals surface area contributed by atoms with Gasteiger partial charge in [-0.3, -0.25) is 9.36 Å². The SMILES string of the molecule is CC(=O)N1N=C(CSc2nnc(-c3ccccc3)n2-c2ccccc2)OC1c1ccco1. The lowest BCUT2D eigenvalue weighted by molar-refractivity contribution is -0.136. The summed E-state index contributed by atoms with van der Waals surface area (Å²) in [5.74, 6) is 1.82. The first-order valence-electron chi connectivity index (χ1n) is 9.97. The number of hydrazone groups is 1. The van der Waals surface area contributed by atoms with Crippen molar-refractivity contribution in [1.29, 1.82) is 0 Å². The van der Waals surface area contributed by atoms with Crippen molar-refractivity contribution in [3.05, 3.63) is 84.8 Å². The first kappa shape index (κ1) is 20.1. The first-order valence-corrected chi connectivity index (χ1v) is 11.0. The van der Waals surface area contributed by atoms with Gasteiger partial charge in [-0.2, -0.15) is 5.01 Å². The molecule has 0 aliphatic carbocycles. The molecule has 1 aliphatic rings. The smallest absolute Gasteiger partial charge is 0.254 e. The lowest BCUT2D eigenvalue weighted by Gasteiger charge is -2.16. The Morgan fingerprint density at radius 1 is 1.00 bits per heavy atom. The van der Waals surface area contributed by atoms with Crippen molar-refractivity contribution in [2.24, 2.45) is 5.10 Å². The van der Waals surface area contributed by atoms with Gasteiger partial charge < -0.3 is 9.15 Å². The van der Waals surface area contributed by atoms with E-state index in [1.54, 1.807) is 12.1 Å². The number of ether oxygens (including phenoxy) is 1. The fourth-order valence-corrected chi connectivity index (χ4v) is 4.16. The second-order valence-electron chi connectivity index (χ2n) is 6.97. The summed E-state index contributed by atoms with van der Waals surface area (Å²) in [6.45, 7) is 1.44. The highest BCUT2D eigenvalue weighted by atomic mass is 32.2. The Balaban J connectivity index is 1.42. The molecule has 1 amide bonds. The zero-order valence-corrected chi connectivity index (χ0v) is 18.0. The Hall–Kier alpha value is -3.85. The molecular formula is C23H19N5O3S. The van der Waals surface area contributed by atoms with Crippen molar-refractivity contribution in [3.63, 3.8) is 0 Å². The molecule has 32 heavy (non-hydrogen) atoms. The van der Waals surface area contributed by atoms with Gasteiger partial charge in [-0.05, 0) is 24.3 Å². The summed E-state index contributed by atoms with van der Waals surface area (Å²) in [5.41, 5.74) is 1.91. The van der Waals surface area contributed by atoms with Crippen molar-refractivity contribution < 1.29 is 13.9 Å². The number of furan rings is 1. The molecule has 4 aromatic rings. The molecule has 0 saturated carbocycles. The lowest BCUT2D eigenvalue weighted by Crippen LogP contribution is -2.24. The van der Waals surface area contributed by atoms with Gasteiger partial charge >= 0.3 is 0 Å². The predicted molar refractivity (Wildman–Crippen MR) is 120 cm³/mol. The van der Waals surface area contributed by atoms with E-state index >= 15 is 0 Å². The second kappa shape index (κ2) is 8.72. The van der Waals surface area contributed by atoms with Crippen molar-refractivity contribution in [2.75, 3.05) is 5.75 Å². The van der Waals surface area contributed by atoms with E-state index in [0.29, 0.717) is 22.6 Å². The number of carbonyl (C=O) groups excluding carboxylic acids is 1. The molecule has 8 nitrogen and oxygen atoms in total. The third-order valence-corrected chi connectivity index (χ3v) is 5.72. The van der Waals surface area contributed by atoms with Gasteiger partial charge in [0.05, 0.1) is 12.0 Å². The van der Waals surface area contributed by atoms with Crippen LogP contribution < -0.4 is 0 Å². The third kappa shape index (κ3) is 3.90. The molecule has 1 atom stereocenters. The fraction of sp³-hybridized carbons (Fsp3) is 0.130. The second-order valence-corrected chi connectivity index (χ2v) is 7.92. The summed E-state index contributed by atoms with van der Waals surface area (Å²) in [7, 11) is 0. The largest absolute Gasteiger partial charge is 0.463 e. The van der Waals surface area contributed by atoms with Crippen LogP contribution in [-0.4, -0.2) is 37.3 Å². The highest BCUT2D eigenvalue weighted by Gasteiger charge is 2.34. The van der Waals surface area contributed by atoms with Crippen molar-refractivity contribution >= 4 is 23.6 Å². The molecule has 3 heterocycles. The van der Waals surface area contributed by atoms with E-state index in [1.165, 1.54) is 30.0 Å². The van der Waals surface area contributed by atoms with Crippen molar-refractivity contribution in [1.82, 2.24) is 19.8 Å². The molecule has 0 bridgehead atoms. The van der Waals surface area contributed by atoms with Crippen molar-refractivity contribution in [3.8, 4) is 17.1 Å². The number of para-hydroxylation sites is 1. The maximum absolute atomic E-state index is 12.0. The molecule has 0 N–H and O–H groups in total. The summed E-state index contributed by atoms with van der Waals surface area (Å²) in [5, 5.41) is 15.2. The van der Waals surface area contributed by atoms with E-state index in [9.17, 15) is 4.79 Å². The topological polar surface area (TPSA) is 85.8 Å². The molecule has 160 valence electrons. The molecular weight excluding hydrogens is 426 g/mol. The first-order chi connectivity index (χ1) is 15.7. The van der Waals surface area contributed by atoms with E-state index < -0.39 is 6.23 Å². The Kier molecular flexibility index (Phi) is 5.47. The molecule has 1 unspecified atom stereocenters. The molecule has 9 heteroatoms. The number of thioether (sulfide) groups is 1. The molecule has 0 spiro atoms. The molecule has 0 fully saturated rings. The number of nitrogens with zero attached hydrogens (tertiary/aromatic N) is 5. The van der Waals surface area contributed by atoms with E-state index in [4.69, 9.17) is 9.15 Å². The average Bonchev–Trinajstić information content (AvgIpc) is 3.58. The standard InChI is InChI=1S/C23H19N5O3S/c1-16(29)28-22(19-13-8-14-30-19)31-20(26-28)15-32-23-25-24-21(17-9-4-2-5-10-17)27(23)18-11-6-3-7-12-18/h2-14,22H,15H2,1H3. The summed E-state index contributed by atoms with van der Waals surface area (Å²) in [4.78, 5) is 12.0. The summed E-state index contributed by atoms with van der Waals surface area (Å²) >= 11 is 1.43. The van der Waals surface area contributed by atoms with Crippen LogP contribution in [0.15, 0.2) is 93.7 Å². The number of aromatic nitrogens is 3. The third-order valence-electron chi connectivity index (χ3n) is 4.80. The average molecular weight is 446 g/mol.